The Morgan fingerprint density at radius 1 is 1.19 bits per heavy atom. The van der Waals surface area contributed by atoms with Gasteiger partial charge in [0, 0.05) is 29.4 Å². The molecular weight excluding hydrogens is 386 g/mol. The molecule has 1 unspecified atom stereocenters. The Morgan fingerprint density at radius 2 is 1.78 bits per heavy atom. The van der Waals surface area contributed by atoms with Gasteiger partial charge in [-0.3, -0.25) is 9.78 Å². The first-order valence-corrected chi connectivity index (χ1v) is 10.8. The van der Waals surface area contributed by atoms with Gasteiger partial charge in [0.15, 0.2) is 0 Å². The van der Waals surface area contributed by atoms with Crippen molar-refractivity contribution in [3.63, 3.8) is 0 Å². The summed E-state index contributed by atoms with van der Waals surface area (Å²) in [7, 11) is -3.86. The van der Waals surface area contributed by atoms with Crippen molar-refractivity contribution in [1.29, 1.82) is 0 Å². The number of nitrogens with two attached hydrogens (primary N) is 1. The number of thioether (sulfide) groups is 1. The van der Waals surface area contributed by atoms with Crippen molar-refractivity contribution < 1.29 is 17.9 Å². The van der Waals surface area contributed by atoms with Crippen LogP contribution in [0.1, 0.15) is 13.8 Å². The van der Waals surface area contributed by atoms with Crippen LogP contribution in [0, 0.1) is 0 Å². The van der Waals surface area contributed by atoms with Crippen molar-refractivity contribution >= 4 is 27.7 Å². The Bertz CT molecular complexity index is 915. The number of aromatic nitrogens is 1. The fraction of sp³-hybridized carbons (Fsp3) is 0.333. The lowest BCUT2D eigenvalue weighted by Crippen LogP contribution is -2.60. The second-order valence-corrected chi connectivity index (χ2v) is 10.3. The van der Waals surface area contributed by atoms with E-state index in [2.05, 4.69) is 4.98 Å². The van der Waals surface area contributed by atoms with Crippen LogP contribution in [0.3, 0.4) is 0 Å². The number of hydrogen-bond acceptors (Lipinski definition) is 6. The lowest BCUT2D eigenvalue weighted by atomic mass is 10.0. The maximum Gasteiger partial charge on any atom is 0.243 e. The van der Waals surface area contributed by atoms with Crippen LogP contribution in [0.5, 0.6) is 11.5 Å². The third-order valence-corrected chi connectivity index (χ3v) is 7.55. The van der Waals surface area contributed by atoms with E-state index in [1.54, 1.807) is 48.4 Å². The Kier molecular flexibility index (Phi) is 5.45. The molecular formula is C18H21N3O4S2. The molecule has 1 fully saturated rings. The second-order valence-electron chi connectivity index (χ2n) is 6.63. The van der Waals surface area contributed by atoms with Crippen LogP contribution in [0.4, 0.5) is 0 Å². The Balaban J connectivity index is 1.87. The number of amides is 1. The van der Waals surface area contributed by atoms with E-state index >= 15 is 0 Å². The predicted molar refractivity (Wildman–Crippen MR) is 104 cm³/mol. The van der Waals surface area contributed by atoms with Gasteiger partial charge in [0.1, 0.15) is 17.5 Å². The fourth-order valence-corrected chi connectivity index (χ4v) is 6.18. The van der Waals surface area contributed by atoms with Crippen molar-refractivity contribution in [3.05, 3.63) is 48.8 Å². The molecule has 144 valence electrons. The summed E-state index contributed by atoms with van der Waals surface area (Å²) in [6, 6.07) is 8.60. The van der Waals surface area contributed by atoms with Crippen molar-refractivity contribution in [1.82, 2.24) is 9.29 Å². The molecule has 2 heterocycles. The van der Waals surface area contributed by atoms with E-state index in [4.69, 9.17) is 10.5 Å². The topological polar surface area (TPSA) is 103 Å². The van der Waals surface area contributed by atoms with E-state index in [1.165, 1.54) is 16.4 Å². The number of ether oxygens (including phenoxy) is 1. The molecule has 1 atom stereocenters. The second kappa shape index (κ2) is 7.49. The first-order chi connectivity index (χ1) is 12.7. The van der Waals surface area contributed by atoms with Crippen LogP contribution in [0.15, 0.2) is 53.7 Å². The minimum Gasteiger partial charge on any atom is -0.457 e. The maximum absolute atomic E-state index is 13.1. The molecule has 0 aliphatic carbocycles. The van der Waals surface area contributed by atoms with Gasteiger partial charge >= 0.3 is 0 Å². The molecule has 0 bridgehead atoms. The summed E-state index contributed by atoms with van der Waals surface area (Å²) < 4.78 is 32.5. The van der Waals surface area contributed by atoms with E-state index in [0.29, 0.717) is 17.3 Å². The highest BCUT2D eigenvalue weighted by atomic mass is 32.2. The number of pyridine rings is 1. The number of primary amides is 1. The highest BCUT2D eigenvalue weighted by molar-refractivity contribution is 8.00. The molecule has 7 nitrogen and oxygen atoms in total. The first-order valence-electron chi connectivity index (χ1n) is 8.35. The molecule has 0 radical (unpaired) electrons. The summed E-state index contributed by atoms with van der Waals surface area (Å²) in [5, 5.41) is 0. The smallest absolute Gasteiger partial charge is 0.243 e. The van der Waals surface area contributed by atoms with Gasteiger partial charge in [-0.05, 0) is 50.2 Å². The highest BCUT2D eigenvalue weighted by Crippen LogP contribution is 2.38. The zero-order chi connectivity index (χ0) is 19.7. The average molecular weight is 408 g/mol. The molecule has 2 N–H and O–H groups in total. The summed E-state index contributed by atoms with van der Waals surface area (Å²) in [6.07, 6.45) is 3.21. The quantitative estimate of drug-likeness (QED) is 0.815. The Labute approximate surface area is 163 Å². The third-order valence-electron chi connectivity index (χ3n) is 4.32. The lowest BCUT2D eigenvalue weighted by Gasteiger charge is -2.43. The summed E-state index contributed by atoms with van der Waals surface area (Å²) in [5.74, 6) is 1.05. The molecule has 27 heavy (non-hydrogen) atoms. The van der Waals surface area contributed by atoms with Gasteiger partial charge in [-0.2, -0.15) is 16.1 Å². The Hall–Kier alpha value is -2.10. The minimum atomic E-state index is -3.86. The van der Waals surface area contributed by atoms with Crippen molar-refractivity contribution in [2.45, 2.75) is 29.5 Å². The summed E-state index contributed by atoms with van der Waals surface area (Å²) >= 11 is 1.54. The number of sulfonamides is 1. The zero-order valence-corrected chi connectivity index (χ0v) is 16.7. The molecule has 2 aromatic rings. The van der Waals surface area contributed by atoms with E-state index in [9.17, 15) is 13.2 Å². The van der Waals surface area contributed by atoms with E-state index < -0.39 is 26.7 Å². The van der Waals surface area contributed by atoms with Crippen LogP contribution >= 0.6 is 11.8 Å². The van der Waals surface area contributed by atoms with Crippen molar-refractivity contribution in [2.24, 2.45) is 5.73 Å². The average Bonchev–Trinajstić information content (AvgIpc) is 2.61. The largest absolute Gasteiger partial charge is 0.457 e. The molecule has 0 saturated carbocycles. The van der Waals surface area contributed by atoms with Gasteiger partial charge in [-0.1, -0.05) is 0 Å². The van der Waals surface area contributed by atoms with Gasteiger partial charge in [-0.15, -0.1) is 0 Å². The molecule has 1 aliphatic rings. The molecule has 9 heteroatoms. The molecule has 0 spiro atoms. The van der Waals surface area contributed by atoms with Crippen molar-refractivity contribution in [2.75, 3.05) is 12.3 Å². The number of carbonyl (C=O) groups is 1. The standard InChI is InChI=1S/C18H21N3O4S2/c1-18(2)16(17(19)22)21(11-12-26-18)27(23,24)15-5-3-13(4-6-15)25-14-7-9-20-10-8-14/h3-10,16H,11-12H2,1-2H3,(H2,19,22). The maximum atomic E-state index is 13.1. The number of carbonyl (C=O) groups excluding carboxylic acids is 1. The third kappa shape index (κ3) is 4.10. The highest BCUT2D eigenvalue weighted by Gasteiger charge is 2.47. The Morgan fingerprint density at radius 3 is 2.37 bits per heavy atom. The van der Waals surface area contributed by atoms with Gasteiger partial charge in [0.25, 0.3) is 0 Å². The number of rotatable bonds is 5. The fourth-order valence-electron chi connectivity index (χ4n) is 3.05. The van der Waals surface area contributed by atoms with Crippen LogP contribution in [-0.4, -0.2) is 46.7 Å². The van der Waals surface area contributed by atoms with Crippen molar-refractivity contribution in [3.8, 4) is 11.5 Å². The van der Waals surface area contributed by atoms with Crippen LogP contribution in [0.25, 0.3) is 0 Å². The molecule has 1 aromatic heterocycles. The van der Waals surface area contributed by atoms with Crippen LogP contribution in [0.2, 0.25) is 0 Å². The minimum absolute atomic E-state index is 0.0959. The molecule has 1 aliphatic heterocycles. The zero-order valence-electron chi connectivity index (χ0n) is 15.0. The monoisotopic (exact) mass is 407 g/mol. The van der Waals surface area contributed by atoms with E-state index in [1.807, 2.05) is 13.8 Å². The summed E-state index contributed by atoms with van der Waals surface area (Å²) in [6.45, 7) is 3.90. The van der Waals surface area contributed by atoms with Crippen LogP contribution < -0.4 is 10.5 Å². The van der Waals surface area contributed by atoms with Gasteiger partial charge in [-0.25, -0.2) is 8.42 Å². The van der Waals surface area contributed by atoms with Gasteiger partial charge in [0.05, 0.1) is 4.90 Å². The normalized spacial score (nSPS) is 20.1. The van der Waals surface area contributed by atoms with Gasteiger partial charge < -0.3 is 10.5 Å². The molecule has 1 aromatic carbocycles. The lowest BCUT2D eigenvalue weighted by molar-refractivity contribution is -0.122. The predicted octanol–water partition coefficient (Wildman–Crippen LogP) is 2.24. The number of hydrogen-bond donors (Lipinski definition) is 1. The molecule has 1 amide bonds. The summed E-state index contributed by atoms with van der Waals surface area (Å²) in [5.41, 5.74) is 5.53. The molecule has 1 saturated heterocycles. The number of nitrogens with zero attached hydrogens (tertiary/aromatic N) is 2. The van der Waals surface area contributed by atoms with Gasteiger partial charge in [0.2, 0.25) is 15.9 Å². The van der Waals surface area contributed by atoms with Crippen LogP contribution in [-0.2, 0) is 14.8 Å². The van der Waals surface area contributed by atoms with E-state index in [-0.39, 0.29) is 11.4 Å². The summed E-state index contributed by atoms with van der Waals surface area (Å²) in [4.78, 5) is 16.0. The molecule has 3 rings (SSSR count). The van der Waals surface area contributed by atoms with E-state index in [0.717, 1.165) is 0 Å². The number of benzene rings is 1. The first kappa shape index (κ1) is 19.7. The SMILES string of the molecule is CC1(C)SCCN(S(=O)(=O)c2ccc(Oc3ccncc3)cc2)C1C(N)=O.